The Morgan fingerprint density at radius 3 is 3.15 bits per heavy atom. The summed E-state index contributed by atoms with van der Waals surface area (Å²) in [6.07, 6.45) is 3.69. The van der Waals surface area contributed by atoms with E-state index in [-0.39, 0.29) is 5.91 Å². The number of carbonyl (C=O) groups is 1. The predicted molar refractivity (Wildman–Crippen MR) is 75.7 cm³/mol. The zero-order chi connectivity index (χ0) is 13.9. The van der Waals surface area contributed by atoms with Crippen LogP contribution in [0.3, 0.4) is 0 Å². The number of carbonyl (C=O) groups excluding carboxylic acids is 1. The maximum Gasteiger partial charge on any atom is 0.417 e. The second-order valence-electron chi connectivity index (χ2n) is 5.11. The summed E-state index contributed by atoms with van der Waals surface area (Å²) in [6.45, 7) is 1.05. The quantitative estimate of drug-likeness (QED) is 0.790. The van der Waals surface area contributed by atoms with Crippen molar-refractivity contribution in [3.63, 3.8) is 0 Å². The number of hydrogen-bond acceptors (Lipinski definition) is 4. The molecule has 0 radical (unpaired) electrons. The van der Waals surface area contributed by atoms with Crippen LogP contribution in [0.1, 0.15) is 25.7 Å². The lowest BCUT2D eigenvalue weighted by molar-refractivity contribution is -0.116. The fraction of sp³-hybridized carbons (Fsp3) is 0.429. The summed E-state index contributed by atoms with van der Waals surface area (Å²) in [6, 6.07) is 5.56. The van der Waals surface area contributed by atoms with Crippen LogP contribution in [-0.2, 0) is 4.79 Å². The highest BCUT2D eigenvalue weighted by atomic mass is 16.4. The highest BCUT2D eigenvalue weighted by molar-refractivity contribution is 5.92. The monoisotopic (exact) mass is 275 g/mol. The minimum absolute atomic E-state index is 0.0103. The van der Waals surface area contributed by atoms with Gasteiger partial charge < -0.3 is 15.1 Å². The number of aromatic nitrogens is 1. The van der Waals surface area contributed by atoms with Crippen molar-refractivity contribution in [2.24, 2.45) is 0 Å². The Hall–Kier alpha value is -2.08. The largest absolute Gasteiger partial charge is 0.417 e. The number of rotatable bonds is 4. The van der Waals surface area contributed by atoms with Crippen LogP contribution in [0.15, 0.2) is 27.4 Å². The van der Waals surface area contributed by atoms with Crippen LogP contribution in [0.4, 0.5) is 5.69 Å². The number of oxazole rings is 1. The molecule has 20 heavy (non-hydrogen) atoms. The van der Waals surface area contributed by atoms with Crippen molar-refractivity contribution in [2.45, 2.75) is 31.7 Å². The van der Waals surface area contributed by atoms with Gasteiger partial charge >= 0.3 is 5.76 Å². The Morgan fingerprint density at radius 1 is 1.45 bits per heavy atom. The van der Waals surface area contributed by atoms with E-state index < -0.39 is 5.76 Å². The molecular formula is C14H17N3O3. The van der Waals surface area contributed by atoms with Crippen LogP contribution in [0, 0.1) is 0 Å². The summed E-state index contributed by atoms with van der Waals surface area (Å²) in [5.41, 5.74) is 1.74. The van der Waals surface area contributed by atoms with Crippen LogP contribution in [0.2, 0.25) is 0 Å². The first kappa shape index (κ1) is 12.9. The van der Waals surface area contributed by atoms with Gasteiger partial charge in [-0.2, -0.15) is 0 Å². The van der Waals surface area contributed by atoms with E-state index in [9.17, 15) is 9.59 Å². The molecular weight excluding hydrogens is 258 g/mol. The number of nitrogens with one attached hydrogen (secondary N) is 3. The van der Waals surface area contributed by atoms with Crippen LogP contribution in [-0.4, -0.2) is 23.5 Å². The molecule has 1 aromatic carbocycles. The van der Waals surface area contributed by atoms with Crippen molar-refractivity contribution in [3.05, 3.63) is 28.7 Å². The number of aromatic amines is 1. The van der Waals surface area contributed by atoms with E-state index in [0.29, 0.717) is 29.2 Å². The van der Waals surface area contributed by atoms with Gasteiger partial charge in [0, 0.05) is 18.2 Å². The van der Waals surface area contributed by atoms with Gasteiger partial charge in [-0.1, -0.05) is 0 Å². The average molecular weight is 275 g/mol. The molecule has 0 spiro atoms. The van der Waals surface area contributed by atoms with Gasteiger partial charge in [0.25, 0.3) is 0 Å². The molecule has 1 amide bonds. The van der Waals surface area contributed by atoms with Gasteiger partial charge in [0.2, 0.25) is 5.91 Å². The molecule has 1 aliphatic rings. The lowest BCUT2D eigenvalue weighted by Gasteiger charge is -2.09. The van der Waals surface area contributed by atoms with Crippen molar-refractivity contribution in [2.75, 3.05) is 11.9 Å². The third kappa shape index (κ3) is 2.91. The number of anilines is 1. The van der Waals surface area contributed by atoms with Crippen LogP contribution < -0.4 is 16.4 Å². The normalized spacial score (nSPS) is 18.5. The minimum Gasteiger partial charge on any atom is -0.408 e. The van der Waals surface area contributed by atoms with Crippen molar-refractivity contribution in [3.8, 4) is 0 Å². The van der Waals surface area contributed by atoms with Crippen LogP contribution in [0.5, 0.6) is 0 Å². The maximum atomic E-state index is 11.9. The Kier molecular flexibility index (Phi) is 3.56. The number of fused-ring (bicyclic) bond motifs is 1. The summed E-state index contributed by atoms with van der Waals surface area (Å²) in [5.74, 6) is -0.500. The van der Waals surface area contributed by atoms with Gasteiger partial charge in [-0.15, -0.1) is 0 Å². The molecule has 106 valence electrons. The molecule has 1 aliphatic heterocycles. The number of hydrogen-bond donors (Lipinski definition) is 3. The van der Waals surface area contributed by atoms with E-state index in [1.54, 1.807) is 18.2 Å². The first-order valence-corrected chi connectivity index (χ1v) is 6.87. The molecule has 6 nitrogen and oxygen atoms in total. The van der Waals surface area contributed by atoms with Gasteiger partial charge in [0.15, 0.2) is 5.58 Å². The van der Waals surface area contributed by atoms with Gasteiger partial charge in [-0.25, -0.2) is 4.79 Å². The molecule has 0 aliphatic carbocycles. The predicted octanol–water partition coefficient (Wildman–Crippen LogP) is 1.59. The molecule has 0 saturated carbocycles. The molecule has 1 unspecified atom stereocenters. The Morgan fingerprint density at radius 2 is 2.35 bits per heavy atom. The molecule has 1 saturated heterocycles. The molecule has 0 bridgehead atoms. The third-order valence-electron chi connectivity index (χ3n) is 3.58. The molecule has 2 heterocycles. The lowest BCUT2D eigenvalue weighted by Crippen LogP contribution is -2.23. The summed E-state index contributed by atoms with van der Waals surface area (Å²) in [7, 11) is 0. The molecule has 3 N–H and O–H groups in total. The van der Waals surface area contributed by atoms with E-state index in [4.69, 9.17) is 4.42 Å². The van der Waals surface area contributed by atoms with Crippen LogP contribution in [0.25, 0.3) is 11.1 Å². The fourth-order valence-corrected chi connectivity index (χ4v) is 2.56. The van der Waals surface area contributed by atoms with Crippen molar-refractivity contribution >= 4 is 22.7 Å². The summed E-state index contributed by atoms with van der Waals surface area (Å²) >= 11 is 0. The SMILES string of the molecule is O=C(CCC1CCCN1)Nc1ccc2oc(=O)[nH]c2c1. The number of H-pyrrole nitrogens is 1. The summed E-state index contributed by atoms with van der Waals surface area (Å²) < 4.78 is 4.91. The van der Waals surface area contributed by atoms with Crippen molar-refractivity contribution in [1.82, 2.24) is 10.3 Å². The Bertz CT molecular complexity index is 668. The second-order valence-corrected chi connectivity index (χ2v) is 5.11. The van der Waals surface area contributed by atoms with Gasteiger partial charge in [0.1, 0.15) is 0 Å². The Labute approximate surface area is 115 Å². The zero-order valence-corrected chi connectivity index (χ0v) is 11.1. The number of amides is 1. The number of benzene rings is 1. The van der Waals surface area contributed by atoms with E-state index in [1.165, 1.54) is 6.42 Å². The molecule has 6 heteroatoms. The summed E-state index contributed by atoms with van der Waals surface area (Å²) in [4.78, 5) is 25.5. The zero-order valence-electron chi connectivity index (χ0n) is 11.1. The molecule has 3 rings (SSSR count). The van der Waals surface area contributed by atoms with Crippen molar-refractivity contribution < 1.29 is 9.21 Å². The average Bonchev–Trinajstić information content (AvgIpc) is 3.04. The smallest absolute Gasteiger partial charge is 0.408 e. The van der Waals surface area contributed by atoms with Gasteiger partial charge in [-0.3, -0.25) is 9.78 Å². The Balaban J connectivity index is 1.60. The van der Waals surface area contributed by atoms with Gasteiger partial charge in [-0.05, 0) is 44.0 Å². The first-order valence-electron chi connectivity index (χ1n) is 6.87. The lowest BCUT2D eigenvalue weighted by atomic mass is 10.1. The third-order valence-corrected chi connectivity index (χ3v) is 3.58. The molecule has 1 aromatic heterocycles. The molecule has 1 atom stereocenters. The van der Waals surface area contributed by atoms with E-state index in [2.05, 4.69) is 15.6 Å². The van der Waals surface area contributed by atoms with Gasteiger partial charge in [0.05, 0.1) is 5.52 Å². The van der Waals surface area contributed by atoms with E-state index >= 15 is 0 Å². The molecule has 1 fully saturated rings. The minimum atomic E-state index is -0.490. The maximum absolute atomic E-state index is 11.9. The van der Waals surface area contributed by atoms with Crippen molar-refractivity contribution in [1.29, 1.82) is 0 Å². The van der Waals surface area contributed by atoms with E-state index in [0.717, 1.165) is 19.4 Å². The second kappa shape index (κ2) is 5.50. The topological polar surface area (TPSA) is 87.1 Å². The van der Waals surface area contributed by atoms with E-state index in [1.807, 2.05) is 0 Å². The highest BCUT2D eigenvalue weighted by Gasteiger charge is 2.15. The fourth-order valence-electron chi connectivity index (χ4n) is 2.56. The molecule has 2 aromatic rings. The summed E-state index contributed by atoms with van der Waals surface area (Å²) in [5, 5.41) is 6.21. The standard InChI is InChI=1S/C14H17N3O3/c18-13(6-4-9-2-1-7-15-9)16-10-3-5-12-11(8-10)17-14(19)20-12/h3,5,8-9,15H,1-2,4,6-7H2,(H,16,18)(H,17,19). The van der Waals surface area contributed by atoms with Crippen LogP contribution >= 0.6 is 0 Å². The highest BCUT2D eigenvalue weighted by Crippen LogP contribution is 2.17. The first-order chi connectivity index (χ1) is 9.70.